The van der Waals surface area contributed by atoms with Crippen LogP contribution in [0.1, 0.15) is 37.8 Å². The van der Waals surface area contributed by atoms with Crippen LogP contribution in [0.4, 0.5) is 5.69 Å². The minimum atomic E-state index is -4.12. The quantitative estimate of drug-likeness (QED) is 0.334. The average Bonchev–Trinajstić information content (AvgIpc) is 2.92. The summed E-state index contributed by atoms with van der Waals surface area (Å²) in [4.78, 5) is 28.6. The van der Waals surface area contributed by atoms with E-state index < -0.39 is 28.5 Å². The topological polar surface area (TPSA) is 86.8 Å². The highest BCUT2D eigenvalue weighted by molar-refractivity contribution is 7.92. The Hall–Kier alpha value is -3.36. The van der Waals surface area contributed by atoms with Gasteiger partial charge in [-0.25, -0.2) is 8.42 Å². The van der Waals surface area contributed by atoms with Gasteiger partial charge in [-0.3, -0.25) is 13.9 Å². The van der Waals surface area contributed by atoms with Gasteiger partial charge in [0.1, 0.15) is 12.6 Å². The van der Waals surface area contributed by atoms with Gasteiger partial charge in [0.05, 0.1) is 10.6 Å². The third kappa shape index (κ3) is 7.14. The minimum Gasteiger partial charge on any atom is -0.354 e. The maximum absolute atomic E-state index is 14.0. The Morgan fingerprint density at radius 3 is 2.16 bits per heavy atom. The highest BCUT2D eigenvalue weighted by Gasteiger charge is 2.33. The fraction of sp³-hybridized carbons (Fsp3) is 0.310. The number of rotatable bonds is 12. The lowest BCUT2D eigenvalue weighted by atomic mass is 10.1. The summed E-state index contributed by atoms with van der Waals surface area (Å²) >= 11 is 5.98. The maximum atomic E-state index is 14.0. The number of aryl methyl sites for hydroxylation is 1. The molecule has 0 fully saturated rings. The molecule has 38 heavy (non-hydrogen) atoms. The van der Waals surface area contributed by atoms with Gasteiger partial charge in [-0.2, -0.15) is 0 Å². The number of carbonyl (C=O) groups is 2. The average molecular weight is 556 g/mol. The molecule has 0 saturated heterocycles. The minimum absolute atomic E-state index is 0.0109. The van der Waals surface area contributed by atoms with Gasteiger partial charge in [-0.1, -0.05) is 67.9 Å². The second kappa shape index (κ2) is 13.4. The van der Waals surface area contributed by atoms with Crippen LogP contribution >= 0.6 is 11.6 Å². The Bertz CT molecular complexity index is 1330. The maximum Gasteiger partial charge on any atom is 0.264 e. The van der Waals surface area contributed by atoms with Crippen molar-refractivity contribution in [3.63, 3.8) is 0 Å². The number of hydrogen-bond acceptors (Lipinski definition) is 4. The van der Waals surface area contributed by atoms with Crippen molar-refractivity contribution in [3.8, 4) is 0 Å². The normalized spacial score (nSPS) is 12.0. The van der Waals surface area contributed by atoms with Gasteiger partial charge in [-0.05, 0) is 67.3 Å². The molecule has 0 aliphatic heterocycles. The van der Waals surface area contributed by atoms with Gasteiger partial charge in [0.15, 0.2) is 0 Å². The third-order valence-corrected chi connectivity index (χ3v) is 8.30. The van der Waals surface area contributed by atoms with E-state index in [4.69, 9.17) is 11.6 Å². The lowest BCUT2D eigenvalue weighted by molar-refractivity contribution is -0.140. The first kappa shape index (κ1) is 29.2. The van der Waals surface area contributed by atoms with E-state index in [9.17, 15) is 18.0 Å². The molecule has 202 valence electrons. The number of amides is 2. The fourth-order valence-corrected chi connectivity index (χ4v) is 5.65. The Morgan fingerprint density at radius 2 is 1.55 bits per heavy atom. The van der Waals surface area contributed by atoms with Crippen LogP contribution in [-0.4, -0.2) is 44.3 Å². The zero-order chi connectivity index (χ0) is 27.7. The molecule has 3 aromatic rings. The van der Waals surface area contributed by atoms with E-state index in [-0.39, 0.29) is 17.3 Å². The summed E-state index contributed by atoms with van der Waals surface area (Å²) in [6.45, 7) is 5.93. The molecule has 0 radical (unpaired) electrons. The molecule has 7 nitrogen and oxygen atoms in total. The van der Waals surface area contributed by atoms with Gasteiger partial charge >= 0.3 is 0 Å². The van der Waals surface area contributed by atoms with E-state index in [0.717, 1.165) is 21.9 Å². The molecular formula is C29H34ClN3O4S. The molecule has 1 atom stereocenters. The molecule has 1 N–H and O–H groups in total. The lowest BCUT2D eigenvalue weighted by Crippen LogP contribution is -2.52. The molecule has 0 saturated carbocycles. The molecule has 0 spiro atoms. The van der Waals surface area contributed by atoms with Crippen molar-refractivity contribution < 1.29 is 18.0 Å². The van der Waals surface area contributed by atoms with Crippen molar-refractivity contribution in [1.82, 2.24) is 10.2 Å². The smallest absolute Gasteiger partial charge is 0.264 e. The SMILES string of the molecule is CCCNC(=O)C(CC)N(Cc1ccccc1C)C(=O)CN(c1ccccc1)S(=O)(=O)c1ccc(Cl)cc1. The fourth-order valence-electron chi connectivity index (χ4n) is 4.11. The first-order valence-corrected chi connectivity index (χ1v) is 14.5. The van der Waals surface area contributed by atoms with Gasteiger partial charge in [0, 0.05) is 18.1 Å². The number of benzene rings is 3. The third-order valence-electron chi connectivity index (χ3n) is 6.26. The monoisotopic (exact) mass is 555 g/mol. The Morgan fingerprint density at radius 1 is 0.921 bits per heavy atom. The van der Waals surface area contributed by atoms with Crippen molar-refractivity contribution in [2.45, 2.75) is 51.1 Å². The molecule has 0 aliphatic rings. The van der Waals surface area contributed by atoms with Gasteiger partial charge in [-0.15, -0.1) is 0 Å². The number of anilines is 1. The van der Waals surface area contributed by atoms with Crippen molar-refractivity contribution in [1.29, 1.82) is 0 Å². The van der Waals surface area contributed by atoms with Crippen molar-refractivity contribution in [2.24, 2.45) is 0 Å². The molecule has 2 amide bonds. The number of halogens is 1. The van der Waals surface area contributed by atoms with Crippen molar-refractivity contribution >= 4 is 39.1 Å². The zero-order valence-electron chi connectivity index (χ0n) is 21.9. The van der Waals surface area contributed by atoms with Crippen LogP contribution in [0, 0.1) is 6.92 Å². The summed E-state index contributed by atoms with van der Waals surface area (Å²) in [5.74, 6) is -0.740. The molecule has 9 heteroatoms. The summed E-state index contributed by atoms with van der Waals surface area (Å²) in [5, 5.41) is 3.29. The van der Waals surface area contributed by atoms with Gasteiger partial charge in [0.2, 0.25) is 11.8 Å². The summed E-state index contributed by atoms with van der Waals surface area (Å²) in [5.41, 5.74) is 2.20. The molecule has 1 unspecified atom stereocenters. The van der Waals surface area contributed by atoms with E-state index in [1.54, 1.807) is 30.3 Å². The molecular weight excluding hydrogens is 522 g/mol. The summed E-state index contributed by atoms with van der Waals surface area (Å²) in [7, 11) is -4.12. The van der Waals surface area contributed by atoms with Crippen LogP contribution in [0.15, 0.2) is 83.8 Å². The van der Waals surface area contributed by atoms with E-state index >= 15 is 0 Å². The summed E-state index contributed by atoms with van der Waals surface area (Å²) in [6.07, 6.45) is 1.14. The molecule has 3 aromatic carbocycles. The second-order valence-electron chi connectivity index (χ2n) is 8.96. The highest BCUT2D eigenvalue weighted by Crippen LogP contribution is 2.26. The molecule has 0 aliphatic carbocycles. The van der Waals surface area contributed by atoms with Crippen LogP contribution in [0.25, 0.3) is 0 Å². The van der Waals surface area contributed by atoms with E-state index in [1.165, 1.54) is 29.2 Å². The van der Waals surface area contributed by atoms with Gasteiger partial charge < -0.3 is 10.2 Å². The van der Waals surface area contributed by atoms with E-state index in [2.05, 4.69) is 5.32 Å². The van der Waals surface area contributed by atoms with Crippen LogP contribution in [0.5, 0.6) is 0 Å². The Balaban J connectivity index is 2.03. The molecule has 0 aromatic heterocycles. The standard InChI is InChI=1S/C29H34ClN3O4S/c1-4-19-31-29(35)27(5-2)32(20-23-12-10-9-11-22(23)3)28(34)21-33(25-13-7-6-8-14-25)38(36,37)26-17-15-24(30)16-18-26/h6-18,27H,4-5,19-21H2,1-3H3,(H,31,35). The largest absolute Gasteiger partial charge is 0.354 e. The Labute approximate surface area is 230 Å². The van der Waals surface area contributed by atoms with E-state index in [0.29, 0.717) is 23.7 Å². The van der Waals surface area contributed by atoms with Crippen LogP contribution in [-0.2, 0) is 26.2 Å². The van der Waals surface area contributed by atoms with Crippen LogP contribution in [0.3, 0.4) is 0 Å². The number of carbonyl (C=O) groups excluding carboxylic acids is 2. The van der Waals surface area contributed by atoms with E-state index in [1.807, 2.05) is 45.0 Å². The zero-order valence-corrected chi connectivity index (χ0v) is 23.5. The van der Waals surface area contributed by atoms with Crippen LogP contribution in [0.2, 0.25) is 5.02 Å². The van der Waals surface area contributed by atoms with Crippen molar-refractivity contribution in [2.75, 3.05) is 17.4 Å². The predicted octanol–water partition coefficient (Wildman–Crippen LogP) is 5.18. The number of sulfonamides is 1. The molecule has 0 bridgehead atoms. The van der Waals surface area contributed by atoms with Crippen molar-refractivity contribution in [3.05, 3.63) is 95.0 Å². The Kier molecular flexibility index (Phi) is 10.3. The molecule has 0 heterocycles. The second-order valence-corrected chi connectivity index (χ2v) is 11.3. The molecule has 3 rings (SSSR count). The summed E-state index contributed by atoms with van der Waals surface area (Å²) in [6, 6.07) is 21.2. The number of hydrogen-bond donors (Lipinski definition) is 1. The lowest BCUT2D eigenvalue weighted by Gasteiger charge is -2.33. The predicted molar refractivity (Wildman–Crippen MR) is 152 cm³/mol. The highest BCUT2D eigenvalue weighted by atomic mass is 35.5. The number of nitrogens with one attached hydrogen (secondary N) is 1. The van der Waals surface area contributed by atoms with Gasteiger partial charge in [0.25, 0.3) is 10.0 Å². The number of para-hydroxylation sites is 1. The number of nitrogens with zero attached hydrogens (tertiary/aromatic N) is 2. The summed E-state index contributed by atoms with van der Waals surface area (Å²) < 4.78 is 28.6. The van der Waals surface area contributed by atoms with Crippen LogP contribution < -0.4 is 9.62 Å². The first-order valence-electron chi connectivity index (χ1n) is 12.6. The first-order chi connectivity index (χ1) is 18.2.